The Balaban J connectivity index is 6.09. The molecule has 0 heterocycles. The molecule has 0 atom stereocenters. The van der Waals surface area contributed by atoms with Crippen LogP contribution < -0.4 is 0 Å². The van der Waals surface area contributed by atoms with Gasteiger partial charge in [-0.15, -0.1) is 0 Å². The SMILES string of the molecule is C=C(C)/C(=C(\C(=C)C)C(F)(F)F)C(F)(F)F. The molecule has 0 saturated carbocycles. The average molecular weight is 244 g/mol. The van der Waals surface area contributed by atoms with Crippen molar-refractivity contribution in [3.05, 3.63) is 35.5 Å². The van der Waals surface area contributed by atoms with Gasteiger partial charge >= 0.3 is 12.4 Å². The summed E-state index contributed by atoms with van der Waals surface area (Å²) in [5.41, 5.74) is -4.93. The molecule has 16 heavy (non-hydrogen) atoms. The smallest absolute Gasteiger partial charge is 0.166 e. The highest BCUT2D eigenvalue weighted by atomic mass is 19.4. The third kappa shape index (κ3) is 3.43. The van der Waals surface area contributed by atoms with Gasteiger partial charge in [0.1, 0.15) is 0 Å². The van der Waals surface area contributed by atoms with Crippen molar-refractivity contribution in [2.45, 2.75) is 26.2 Å². The van der Waals surface area contributed by atoms with E-state index in [-0.39, 0.29) is 0 Å². The van der Waals surface area contributed by atoms with Gasteiger partial charge < -0.3 is 0 Å². The largest absolute Gasteiger partial charge is 0.417 e. The number of halogens is 6. The summed E-state index contributed by atoms with van der Waals surface area (Å²) in [5.74, 6) is 0. The fourth-order valence-electron chi connectivity index (χ4n) is 1.19. The number of hydrogen-bond donors (Lipinski definition) is 0. The third-order valence-electron chi connectivity index (χ3n) is 1.67. The molecule has 0 aromatic rings. The molecule has 0 amide bonds. The molecule has 0 nitrogen and oxygen atoms in total. The lowest BCUT2D eigenvalue weighted by Gasteiger charge is -2.20. The summed E-state index contributed by atoms with van der Waals surface area (Å²) < 4.78 is 74.7. The molecule has 0 aliphatic carbocycles. The molecule has 0 radical (unpaired) electrons. The maximum Gasteiger partial charge on any atom is 0.417 e. The normalized spacial score (nSPS) is 14.5. The van der Waals surface area contributed by atoms with Crippen LogP contribution in [0.2, 0.25) is 0 Å². The lowest BCUT2D eigenvalue weighted by atomic mass is 9.96. The zero-order valence-corrected chi connectivity index (χ0v) is 8.68. The molecule has 0 aromatic heterocycles. The van der Waals surface area contributed by atoms with E-state index in [1.54, 1.807) is 0 Å². The fourth-order valence-corrected chi connectivity index (χ4v) is 1.19. The zero-order chi connectivity index (χ0) is 13.3. The highest BCUT2D eigenvalue weighted by Gasteiger charge is 2.45. The maximum absolute atomic E-state index is 12.5. The van der Waals surface area contributed by atoms with Gasteiger partial charge in [0.2, 0.25) is 0 Å². The van der Waals surface area contributed by atoms with Gasteiger partial charge in [-0.1, -0.05) is 13.2 Å². The Morgan fingerprint density at radius 2 is 0.875 bits per heavy atom. The zero-order valence-electron chi connectivity index (χ0n) is 8.68. The Hall–Kier alpha value is -1.20. The van der Waals surface area contributed by atoms with E-state index >= 15 is 0 Å². The molecule has 0 spiro atoms. The van der Waals surface area contributed by atoms with Crippen molar-refractivity contribution in [1.82, 2.24) is 0 Å². The molecule has 0 rings (SSSR count). The highest BCUT2D eigenvalue weighted by molar-refractivity contribution is 5.46. The summed E-state index contributed by atoms with van der Waals surface area (Å²) in [7, 11) is 0. The number of hydrogen-bond acceptors (Lipinski definition) is 0. The molecule has 0 bridgehead atoms. The van der Waals surface area contributed by atoms with Gasteiger partial charge in [-0.05, 0) is 25.0 Å². The van der Waals surface area contributed by atoms with Gasteiger partial charge in [0.05, 0.1) is 11.1 Å². The standard InChI is InChI=1S/C10H10F6/c1-5(2)7(9(11,12)13)8(6(3)4)10(14,15)16/h1,3H2,2,4H3/b8-7-. The van der Waals surface area contributed by atoms with Crippen LogP contribution >= 0.6 is 0 Å². The second kappa shape index (κ2) is 4.35. The molecule has 0 unspecified atom stereocenters. The predicted octanol–water partition coefficient (Wildman–Crippen LogP) is 4.56. The van der Waals surface area contributed by atoms with Crippen LogP contribution in [-0.4, -0.2) is 12.4 Å². The van der Waals surface area contributed by atoms with Gasteiger partial charge in [0, 0.05) is 0 Å². The molecular weight excluding hydrogens is 234 g/mol. The van der Waals surface area contributed by atoms with Crippen LogP contribution in [0.25, 0.3) is 0 Å². The lowest BCUT2D eigenvalue weighted by molar-refractivity contribution is -0.112. The lowest BCUT2D eigenvalue weighted by Crippen LogP contribution is -2.23. The average Bonchev–Trinajstić information content (AvgIpc) is 1.92. The van der Waals surface area contributed by atoms with E-state index in [9.17, 15) is 26.3 Å². The minimum Gasteiger partial charge on any atom is -0.166 e. The molecule has 0 aromatic carbocycles. The van der Waals surface area contributed by atoms with Crippen molar-refractivity contribution in [2.24, 2.45) is 0 Å². The second-order valence-corrected chi connectivity index (χ2v) is 3.31. The van der Waals surface area contributed by atoms with Crippen LogP contribution in [0.5, 0.6) is 0 Å². The minimum atomic E-state index is -5.10. The highest BCUT2D eigenvalue weighted by Crippen LogP contribution is 2.41. The Bertz CT molecular complexity index is 305. The Kier molecular flexibility index (Phi) is 4.02. The molecular formula is C10H10F6. The first-order valence-corrected chi connectivity index (χ1v) is 4.09. The van der Waals surface area contributed by atoms with E-state index in [4.69, 9.17) is 0 Å². The summed E-state index contributed by atoms with van der Waals surface area (Å²) in [6.45, 7) is 7.58. The first kappa shape index (κ1) is 14.8. The molecule has 0 saturated heterocycles. The van der Waals surface area contributed by atoms with E-state index in [0.29, 0.717) is 0 Å². The third-order valence-corrected chi connectivity index (χ3v) is 1.67. The summed E-state index contributed by atoms with van der Waals surface area (Å²) in [6.07, 6.45) is -10.2. The van der Waals surface area contributed by atoms with Crippen LogP contribution in [0.4, 0.5) is 26.3 Å². The van der Waals surface area contributed by atoms with Gasteiger partial charge in [-0.2, -0.15) is 26.3 Å². The van der Waals surface area contributed by atoms with Crippen LogP contribution in [-0.2, 0) is 0 Å². The van der Waals surface area contributed by atoms with E-state index in [1.807, 2.05) is 0 Å². The summed E-state index contributed by atoms with van der Waals surface area (Å²) in [5, 5.41) is 0. The van der Waals surface area contributed by atoms with Crippen molar-refractivity contribution >= 4 is 0 Å². The van der Waals surface area contributed by atoms with E-state index < -0.39 is 34.6 Å². The van der Waals surface area contributed by atoms with Crippen LogP contribution in [0.3, 0.4) is 0 Å². The second-order valence-electron chi connectivity index (χ2n) is 3.31. The van der Waals surface area contributed by atoms with Gasteiger partial charge in [-0.3, -0.25) is 0 Å². The molecule has 0 aliphatic rings. The van der Waals surface area contributed by atoms with E-state index in [1.165, 1.54) is 0 Å². The molecule has 0 aliphatic heterocycles. The topological polar surface area (TPSA) is 0 Å². The molecule has 0 fully saturated rings. The van der Waals surface area contributed by atoms with Crippen molar-refractivity contribution in [2.75, 3.05) is 0 Å². The summed E-state index contributed by atoms with van der Waals surface area (Å²) in [4.78, 5) is 0. The summed E-state index contributed by atoms with van der Waals surface area (Å²) >= 11 is 0. The Morgan fingerprint density at radius 1 is 0.688 bits per heavy atom. The van der Waals surface area contributed by atoms with Crippen molar-refractivity contribution in [1.29, 1.82) is 0 Å². The van der Waals surface area contributed by atoms with Gasteiger partial charge in [0.15, 0.2) is 0 Å². The number of allylic oxidation sites excluding steroid dienone is 4. The van der Waals surface area contributed by atoms with E-state index in [2.05, 4.69) is 13.2 Å². The van der Waals surface area contributed by atoms with Crippen molar-refractivity contribution in [3.63, 3.8) is 0 Å². The van der Waals surface area contributed by atoms with Crippen LogP contribution in [0, 0.1) is 0 Å². The minimum absolute atomic E-state index is 0.692. The first-order chi connectivity index (χ1) is 6.89. The van der Waals surface area contributed by atoms with E-state index in [0.717, 1.165) is 13.8 Å². The Morgan fingerprint density at radius 3 is 0.938 bits per heavy atom. The number of alkyl halides is 6. The molecule has 6 heteroatoms. The maximum atomic E-state index is 12.5. The van der Waals surface area contributed by atoms with Crippen LogP contribution in [0.15, 0.2) is 35.5 Å². The predicted molar refractivity (Wildman–Crippen MR) is 48.8 cm³/mol. The van der Waals surface area contributed by atoms with Gasteiger partial charge in [-0.25, -0.2) is 0 Å². The Labute approximate surface area is 88.9 Å². The molecule has 0 N–H and O–H groups in total. The monoisotopic (exact) mass is 244 g/mol. The first-order valence-electron chi connectivity index (χ1n) is 4.09. The molecule has 92 valence electrons. The quantitative estimate of drug-likeness (QED) is 0.493. The van der Waals surface area contributed by atoms with Gasteiger partial charge in [0.25, 0.3) is 0 Å². The summed E-state index contributed by atoms with van der Waals surface area (Å²) in [6, 6.07) is 0. The van der Waals surface area contributed by atoms with Crippen LogP contribution in [0.1, 0.15) is 13.8 Å². The number of rotatable bonds is 2. The van der Waals surface area contributed by atoms with Crippen molar-refractivity contribution < 1.29 is 26.3 Å². The van der Waals surface area contributed by atoms with Crippen molar-refractivity contribution in [3.8, 4) is 0 Å². The fraction of sp³-hybridized carbons (Fsp3) is 0.400.